The maximum absolute atomic E-state index is 9.73. The monoisotopic (exact) mass is 237 g/mol. The van der Waals surface area contributed by atoms with Crippen molar-refractivity contribution in [3.63, 3.8) is 0 Å². The number of aryl methyl sites for hydroxylation is 2. The third-order valence-electron chi connectivity index (χ3n) is 3.67. The molecule has 2 N–H and O–H groups in total. The third-order valence-corrected chi connectivity index (χ3v) is 3.67. The molecule has 1 aromatic rings. The lowest BCUT2D eigenvalue weighted by molar-refractivity contribution is 0.131. The molecule has 0 aromatic carbocycles. The van der Waals surface area contributed by atoms with Crippen molar-refractivity contribution in [2.45, 2.75) is 45.3 Å². The van der Waals surface area contributed by atoms with E-state index in [0.717, 1.165) is 32.4 Å². The average molecular weight is 237 g/mol. The third kappa shape index (κ3) is 3.07. The van der Waals surface area contributed by atoms with Crippen LogP contribution in [0.5, 0.6) is 0 Å². The quantitative estimate of drug-likeness (QED) is 0.810. The van der Waals surface area contributed by atoms with E-state index in [2.05, 4.69) is 23.5 Å². The molecule has 1 aliphatic rings. The van der Waals surface area contributed by atoms with Crippen molar-refractivity contribution in [2.24, 2.45) is 13.0 Å². The fraction of sp³-hybridized carbons (Fsp3) is 0.769. The summed E-state index contributed by atoms with van der Waals surface area (Å²) >= 11 is 0. The van der Waals surface area contributed by atoms with Crippen molar-refractivity contribution >= 4 is 0 Å². The molecule has 1 fully saturated rings. The van der Waals surface area contributed by atoms with E-state index in [4.69, 9.17) is 0 Å². The first kappa shape index (κ1) is 12.6. The van der Waals surface area contributed by atoms with Gasteiger partial charge in [-0.25, -0.2) is 0 Å². The molecule has 0 spiro atoms. The van der Waals surface area contributed by atoms with E-state index in [1.807, 2.05) is 11.7 Å². The number of nitrogens with zero attached hydrogens (tertiary/aromatic N) is 2. The summed E-state index contributed by atoms with van der Waals surface area (Å²) in [5.41, 5.74) is 2.45. The zero-order valence-corrected chi connectivity index (χ0v) is 10.8. The number of aromatic nitrogens is 2. The Morgan fingerprint density at radius 2 is 2.35 bits per heavy atom. The lowest BCUT2D eigenvalue weighted by Crippen LogP contribution is -2.27. The number of nitrogens with one attached hydrogen (secondary N) is 1. The first-order valence-corrected chi connectivity index (χ1v) is 6.61. The molecule has 2 unspecified atom stereocenters. The fourth-order valence-corrected chi connectivity index (χ4v) is 2.68. The highest BCUT2D eigenvalue weighted by atomic mass is 16.3. The first-order chi connectivity index (χ1) is 8.20. The molecule has 1 aromatic heterocycles. The van der Waals surface area contributed by atoms with Crippen LogP contribution in [0.15, 0.2) is 6.20 Å². The predicted octanol–water partition coefficient (Wildman–Crippen LogP) is 1.23. The van der Waals surface area contributed by atoms with Crippen LogP contribution >= 0.6 is 0 Å². The Kier molecular flexibility index (Phi) is 4.18. The lowest BCUT2D eigenvalue weighted by atomic mass is 10.1. The molecular weight excluding hydrogens is 214 g/mol. The van der Waals surface area contributed by atoms with Crippen molar-refractivity contribution < 1.29 is 5.11 Å². The second kappa shape index (κ2) is 5.65. The molecule has 4 nitrogen and oxygen atoms in total. The molecular formula is C13H23N3O. The zero-order chi connectivity index (χ0) is 12.3. The number of aliphatic hydroxyl groups excluding tert-OH is 1. The first-order valence-electron chi connectivity index (χ1n) is 6.61. The van der Waals surface area contributed by atoms with E-state index < -0.39 is 0 Å². The second-order valence-electron chi connectivity index (χ2n) is 5.02. The molecule has 1 aliphatic carbocycles. The Balaban J connectivity index is 1.81. The maximum Gasteiger partial charge on any atom is 0.0666 e. The van der Waals surface area contributed by atoms with Crippen LogP contribution in [0.2, 0.25) is 0 Å². The van der Waals surface area contributed by atoms with Gasteiger partial charge in [0.2, 0.25) is 0 Å². The average Bonchev–Trinajstić information content (AvgIpc) is 2.86. The van der Waals surface area contributed by atoms with E-state index in [1.54, 1.807) is 0 Å². The van der Waals surface area contributed by atoms with Gasteiger partial charge in [0.1, 0.15) is 0 Å². The maximum atomic E-state index is 9.73. The number of hydrogen-bond acceptors (Lipinski definition) is 3. The minimum absolute atomic E-state index is 0.0953. The highest BCUT2D eigenvalue weighted by Gasteiger charge is 2.24. The molecule has 2 rings (SSSR count). The summed E-state index contributed by atoms with van der Waals surface area (Å²) in [6.45, 7) is 3.91. The van der Waals surface area contributed by atoms with Crippen LogP contribution in [0.1, 0.15) is 37.4 Å². The Bertz CT molecular complexity index is 362. The highest BCUT2D eigenvalue weighted by Crippen LogP contribution is 2.24. The van der Waals surface area contributed by atoms with Gasteiger partial charge in [0.15, 0.2) is 0 Å². The van der Waals surface area contributed by atoms with Crippen molar-refractivity contribution in [1.29, 1.82) is 0 Å². The molecule has 1 heterocycles. The molecule has 0 radical (unpaired) electrons. The molecule has 0 amide bonds. The van der Waals surface area contributed by atoms with Gasteiger partial charge >= 0.3 is 0 Å². The summed E-state index contributed by atoms with van der Waals surface area (Å²) < 4.78 is 1.88. The molecule has 0 aliphatic heterocycles. The Morgan fingerprint density at radius 1 is 1.53 bits per heavy atom. The standard InChI is InChI=1S/C13H23N3O/c1-3-12-11(9-16(2)15-12)8-14-7-10-5-4-6-13(10)17/h9-10,13-14,17H,3-8H2,1-2H3. The van der Waals surface area contributed by atoms with E-state index in [9.17, 15) is 5.11 Å². The summed E-state index contributed by atoms with van der Waals surface area (Å²) in [7, 11) is 1.96. The van der Waals surface area contributed by atoms with E-state index in [-0.39, 0.29) is 6.10 Å². The molecule has 17 heavy (non-hydrogen) atoms. The number of rotatable bonds is 5. The van der Waals surface area contributed by atoms with E-state index in [0.29, 0.717) is 5.92 Å². The summed E-state index contributed by atoms with van der Waals surface area (Å²) in [6, 6.07) is 0. The van der Waals surface area contributed by atoms with Crippen LogP contribution in [0.3, 0.4) is 0 Å². The van der Waals surface area contributed by atoms with Crippen LogP contribution < -0.4 is 5.32 Å². The van der Waals surface area contributed by atoms with Gasteiger partial charge in [-0.1, -0.05) is 13.3 Å². The van der Waals surface area contributed by atoms with Crippen LogP contribution in [-0.4, -0.2) is 27.5 Å². The van der Waals surface area contributed by atoms with Crippen molar-refractivity contribution in [1.82, 2.24) is 15.1 Å². The van der Waals surface area contributed by atoms with Gasteiger partial charge in [-0.3, -0.25) is 4.68 Å². The topological polar surface area (TPSA) is 50.1 Å². The van der Waals surface area contributed by atoms with Gasteiger partial charge in [-0.2, -0.15) is 5.10 Å². The minimum atomic E-state index is -0.0953. The Labute approximate surface area is 103 Å². The molecule has 96 valence electrons. The second-order valence-corrected chi connectivity index (χ2v) is 5.02. The molecule has 0 bridgehead atoms. The fourth-order valence-electron chi connectivity index (χ4n) is 2.68. The Morgan fingerprint density at radius 3 is 3.00 bits per heavy atom. The predicted molar refractivity (Wildman–Crippen MR) is 67.6 cm³/mol. The van der Waals surface area contributed by atoms with Gasteiger partial charge in [-0.15, -0.1) is 0 Å². The van der Waals surface area contributed by atoms with Crippen LogP contribution in [0.25, 0.3) is 0 Å². The van der Waals surface area contributed by atoms with Crippen LogP contribution in [0, 0.1) is 5.92 Å². The van der Waals surface area contributed by atoms with Crippen LogP contribution in [-0.2, 0) is 20.0 Å². The minimum Gasteiger partial charge on any atom is -0.393 e. The van der Waals surface area contributed by atoms with Crippen molar-refractivity contribution in [3.8, 4) is 0 Å². The largest absolute Gasteiger partial charge is 0.393 e. The molecule has 4 heteroatoms. The molecule has 2 atom stereocenters. The van der Waals surface area contributed by atoms with Crippen LogP contribution in [0.4, 0.5) is 0 Å². The molecule has 0 saturated heterocycles. The summed E-state index contributed by atoms with van der Waals surface area (Å²) in [6.07, 6.45) is 6.25. The summed E-state index contributed by atoms with van der Waals surface area (Å²) in [5.74, 6) is 0.441. The number of aliphatic hydroxyl groups is 1. The normalized spacial score (nSPS) is 24.4. The lowest BCUT2D eigenvalue weighted by Gasteiger charge is -2.14. The highest BCUT2D eigenvalue weighted by molar-refractivity contribution is 5.16. The Hall–Kier alpha value is -0.870. The summed E-state index contributed by atoms with van der Waals surface area (Å²) in [5, 5.41) is 17.6. The zero-order valence-electron chi connectivity index (χ0n) is 10.8. The van der Waals surface area contributed by atoms with Gasteiger partial charge in [0.05, 0.1) is 11.8 Å². The van der Waals surface area contributed by atoms with Crippen molar-refractivity contribution in [3.05, 3.63) is 17.5 Å². The van der Waals surface area contributed by atoms with E-state index in [1.165, 1.54) is 17.7 Å². The summed E-state index contributed by atoms with van der Waals surface area (Å²) in [4.78, 5) is 0. The van der Waals surface area contributed by atoms with Crippen molar-refractivity contribution in [2.75, 3.05) is 6.54 Å². The van der Waals surface area contributed by atoms with E-state index >= 15 is 0 Å². The van der Waals surface area contributed by atoms with Gasteiger partial charge in [-0.05, 0) is 25.2 Å². The smallest absolute Gasteiger partial charge is 0.0666 e. The number of hydrogen-bond donors (Lipinski definition) is 2. The van der Waals surface area contributed by atoms with Gasteiger partial charge in [0, 0.05) is 31.9 Å². The van der Waals surface area contributed by atoms with Gasteiger partial charge in [0.25, 0.3) is 0 Å². The SMILES string of the molecule is CCc1nn(C)cc1CNCC1CCCC1O. The van der Waals surface area contributed by atoms with Gasteiger partial charge < -0.3 is 10.4 Å². The molecule has 1 saturated carbocycles.